The van der Waals surface area contributed by atoms with Crippen molar-refractivity contribution in [1.82, 2.24) is 10.2 Å². The van der Waals surface area contributed by atoms with Gasteiger partial charge in [-0.05, 0) is 14.1 Å². The maximum absolute atomic E-state index is 11.1. The van der Waals surface area contributed by atoms with E-state index >= 15 is 0 Å². The Bertz CT molecular complexity index is 85.2. The lowest BCUT2D eigenvalue weighted by Gasteiger charge is -2.11. The molecule has 0 aliphatic carbocycles. The van der Waals surface area contributed by atoms with Crippen LogP contribution in [-0.4, -0.2) is 20.3 Å². The Morgan fingerprint density at radius 2 is 1.75 bits per heavy atom. The van der Waals surface area contributed by atoms with Gasteiger partial charge >= 0.3 is 0 Å². The predicted octanol–water partition coefficient (Wildman–Crippen LogP) is 0.638. The van der Waals surface area contributed by atoms with Crippen LogP contribution in [0.15, 0.2) is 0 Å². The highest BCUT2D eigenvalue weighted by molar-refractivity contribution is 7.59. The normalized spacial score (nSPS) is 11.9. The van der Waals surface area contributed by atoms with Gasteiger partial charge in [-0.2, -0.15) is 0 Å². The molecule has 0 aromatic carbocycles. The molecule has 8 heavy (non-hydrogen) atoms. The van der Waals surface area contributed by atoms with Crippen LogP contribution in [0.25, 0.3) is 0 Å². The van der Waals surface area contributed by atoms with Crippen molar-refractivity contribution in [1.29, 1.82) is 0 Å². The highest BCUT2D eigenvalue weighted by Gasteiger charge is 2.10. The Balaban J connectivity index is 3.79. The highest BCUT2D eigenvalue weighted by atomic mass is 31.2. The van der Waals surface area contributed by atoms with Crippen molar-refractivity contribution in [2.24, 2.45) is 0 Å². The fourth-order valence-corrected chi connectivity index (χ4v) is 1.28. The van der Waals surface area contributed by atoms with E-state index in [0.717, 1.165) is 0 Å². The van der Waals surface area contributed by atoms with Crippen LogP contribution in [0.1, 0.15) is 6.92 Å². The molecule has 0 fully saturated rings. The first-order chi connectivity index (χ1) is 3.68. The Kier molecular flexibility index (Phi) is 3.29. The van der Waals surface area contributed by atoms with Crippen molar-refractivity contribution < 1.29 is 4.57 Å². The Labute approximate surface area is 50.3 Å². The van der Waals surface area contributed by atoms with Gasteiger partial charge in [0.05, 0.1) is 0 Å². The molecule has 0 aromatic rings. The smallest absolute Gasteiger partial charge is 0.210 e. The quantitative estimate of drug-likeness (QED) is 0.559. The van der Waals surface area contributed by atoms with Gasteiger partial charge in [0.2, 0.25) is 7.44 Å². The van der Waals surface area contributed by atoms with Gasteiger partial charge in [-0.15, -0.1) is 0 Å². The molecular formula is C4H13N2OP. The minimum absolute atomic E-state index is 0.653. The van der Waals surface area contributed by atoms with E-state index in [4.69, 9.17) is 0 Å². The predicted molar refractivity (Wildman–Crippen MR) is 36.3 cm³/mol. The Hall–Kier alpha value is 0.150. The molecule has 0 bridgehead atoms. The van der Waals surface area contributed by atoms with Crippen molar-refractivity contribution in [2.45, 2.75) is 6.92 Å². The summed E-state index contributed by atoms with van der Waals surface area (Å²) in [6, 6.07) is 0. The van der Waals surface area contributed by atoms with Gasteiger partial charge in [0, 0.05) is 6.16 Å². The minimum Gasteiger partial charge on any atom is -0.289 e. The molecule has 3 nitrogen and oxygen atoms in total. The van der Waals surface area contributed by atoms with Crippen LogP contribution in [0, 0.1) is 0 Å². The third-order valence-corrected chi connectivity index (χ3v) is 3.50. The molecule has 0 radical (unpaired) electrons. The second-order valence-corrected chi connectivity index (χ2v) is 4.51. The first-order valence-electron chi connectivity index (χ1n) is 2.65. The lowest BCUT2D eigenvalue weighted by atomic mass is 11.0. The summed E-state index contributed by atoms with van der Waals surface area (Å²) in [7, 11) is 1.23. The van der Waals surface area contributed by atoms with E-state index in [0.29, 0.717) is 6.16 Å². The van der Waals surface area contributed by atoms with E-state index in [9.17, 15) is 4.57 Å². The van der Waals surface area contributed by atoms with Gasteiger partial charge in [-0.25, -0.2) is 0 Å². The zero-order valence-electron chi connectivity index (χ0n) is 5.56. The summed E-state index contributed by atoms with van der Waals surface area (Å²) in [4.78, 5) is 0. The standard InChI is InChI=1S/C4H13N2OP/c1-4-8(7,5-2)6-3/h4H2,1-3H3,(H2,5,6,7). The number of hydrogen-bond acceptors (Lipinski definition) is 1. The second-order valence-electron chi connectivity index (χ2n) is 1.50. The van der Waals surface area contributed by atoms with Crippen LogP contribution in [0.5, 0.6) is 0 Å². The number of nitrogens with one attached hydrogen (secondary N) is 2. The summed E-state index contributed by atoms with van der Waals surface area (Å²) >= 11 is 0. The van der Waals surface area contributed by atoms with Gasteiger partial charge in [-0.1, -0.05) is 6.92 Å². The van der Waals surface area contributed by atoms with Gasteiger partial charge in [0.1, 0.15) is 0 Å². The van der Waals surface area contributed by atoms with E-state index in [1.807, 2.05) is 6.92 Å². The molecule has 0 atom stereocenters. The molecule has 0 aliphatic heterocycles. The third kappa shape index (κ3) is 1.95. The molecule has 0 heterocycles. The molecule has 0 unspecified atom stereocenters. The van der Waals surface area contributed by atoms with Gasteiger partial charge in [0.25, 0.3) is 0 Å². The van der Waals surface area contributed by atoms with E-state index in [2.05, 4.69) is 10.2 Å². The van der Waals surface area contributed by atoms with Crippen LogP contribution in [0.3, 0.4) is 0 Å². The molecule has 4 heteroatoms. The van der Waals surface area contributed by atoms with Crippen LogP contribution in [-0.2, 0) is 4.57 Å². The first kappa shape index (κ1) is 8.15. The van der Waals surface area contributed by atoms with Crippen LogP contribution < -0.4 is 10.2 Å². The first-order valence-corrected chi connectivity index (χ1v) is 4.55. The number of rotatable bonds is 3. The zero-order valence-corrected chi connectivity index (χ0v) is 6.46. The van der Waals surface area contributed by atoms with Gasteiger partial charge in [-0.3, -0.25) is 14.7 Å². The monoisotopic (exact) mass is 136 g/mol. The Morgan fingerprint density at radius 1 is 1.38 bits per heavy atom. The van der Waals surface area contributed by atoms with Crippen LogP contribution in [0.2, 0.25) is 0 Å². The fourth-order valence-electron chi connectivity index (χ4n) is 0.428. The molecule has 0 aromatic heterocycles. The summed E-state index contributed by atoms with van der Waals surface area (Å²) in [6.07, 6.45) is 0.653. The largest absolute Gasteiger partial charge is 0.289 e. The van der Waals surface area contributed by atoms with Crippen LogP contribution >= 0.6 is 7.44 Å². The molecule has 0 saturated heterocycles. The fraction of sp³-hybridized carbons (Fsp3) is 1.00. The zero-order chi connectivity index (χ0) is 6.62. The molecule has 0 amide bonds. The summed E-state index contributed by atoms with van der Waals surface area (Å²) in [5.41, 5.74) is 0. The molecule has 0 rings (SSSR count). The summed E-state index contributed by atoms with van der Waals surface area (Å²) in [5, 5.41) is 5.44. The van der Waals surface area contributed by atoms with Gasteiger partial charge < -0.3 is 0 Å². The molecule has 2 N–H and O–H groups in total. The maximum atomic E-state index is 11.1. The summed E-state index contributed by atoms with van der Waals surface area (Å²) in [6.45, 7) is 1.88. The lowest BCUT2D eigenvalue weighted by molar-refractivity contribution is 0.563. The average Bonchev–Trinajstić information content (AvgIpc) is 1.87. The van der Waals surface area contributed by atoms with Crippen molar-refractivity contribution in [3.8, 4) is 0 Å². The lowest BCUT2D eigenvalue weighted by Crippen LogP contribution is -2.16. The minimum atomic E-state index is -2.16. The SMILES string of the molecule is CCP(=O)(NC)NC. The van der Waals surface area contributed by atoms with Crippen molar-refractivity contribution >= 4 is 7.44 Å². The topological polar surface area (TPSA) is 41.1 Å². The van der Waals surface area contributed by atoms with Crippen LogP contribution in [0.4, 0.5) is 0 Å². The van der Waals surface area contributed by atoms with Gasteiger partial charge in [0.15, 0.2) is 0 Å². The van der Waals surface area contributed by atoms with E-state index in [-0.39, 0.29) is 0 Å². The van der Waals surface area contributed by atoms with E-state index < -0.39 is 7.44 Å². The molecule has 0 aliphatic rings. The molecular weight excluding hydrogens is 123 g/mol. The maximum Gasteiger partial charge on any atom is 0.210 e. The second kappa shape index (κ2) is 3.23. The Morgan fingerprint density at radius 3 is 1.75 bits per heavy atom. The average molecular weight is 136 g/mol. The third-order valence-electron chi connectivity index (χ3n) is 1.17. The summed E-state index contributed by atoms with van der Waals surface area (Å²) < 4.78 is 11.1. The van der Waals surface area contributed by atoms with Crippen molar-refractivity contribution in [3.05, 3.63) is 0 Å². The number of hydrogen-bond donors (Lipinski definition) is 2. The van der Waals surface area contributed by atoms with Crippen molar-refractivity contribution in [2.75, 3.05) is 20.3 Å². The summed E-state index contributed by atoms with van der Waals surface area (Å²) in [5.74, 6) is 0. The molecule has 0 spiro atoms. The van der Waals surface area contributed by atoms with Crippen molar-refractivity contribution in [3.63, 3.8) is 0 Å². The van der Waals surface area contributed by atoms with E-state index in [1.54, 1.807) is 14.1 Å². The van der Waals surface area contributed by atoms with E-state index in [1.165, 1.54) is 0 Å². The molecule has 0 saturated carbocycles. The molecule has 50 valence electrons. The highest BCUT2D eigenvalue weighted by Crippen LogP contribution is 2.32.